The summed E-state index contributed by atoms with van der Waals surface area (Å²) >= 11 is 0. The van der Waals surface area contributed by atoms with Crippen LogP contribution in [0.4, 0.5) is 11.4 Å². The highest BCUT2D eigenvalue weighted by Crippen LogP contribution is 2.23. The lowest BCUT2D eigenvalue weighted by molar-refractivity contribution is -0.880. The molecule has 2 aromatic rings. The number of carbonyl (C=O) groups is 2. The van der Waals surface area contributed by atoms with Crippen molar-refractivity contribution >= 4 is 23.1 Å². The number of piperazine rings is 1. The molecule has 0 unspecified atom stereocenters. The first-order valence-corrected chi connectivity index (χ1v) is 11.2. The number of aryl methyl sites for hydroxylation is 2. The van der Waals surface area contributed by atoms with Gasteiger partial charge in [0.05, 0.1) is 33.2 Å². The predicted octanol–water partition coefficient (Wildman–Crippen LogP) is 2.50. The number of hydrogen-bond acceptors (Lipinski definition) is 3. The molecule has 2 N–H and O–H groups in total. The lowest BCUT2D eigenvalue weighted by Crippen LogP contribution is -3.12. The fraction of sp³-hybridized carbons (Fsp3) is 0.440. The average Bonchev–Trinajstić information content (AvgIpc) is 2.78. The molecule has 1 saturated heterocycles. The molecule has 0 spiro atoms. The molecule has 5 nitrogen and oxygen atoms in total. The molecule has 1 aliphatic carbocycles. The number of carbonyl (C=O) groups excluding carboxylic acids is 2. The van der Waals surface area contributed by atoms with Crippen molar-refractivity contribution in [2.75, 3.05) is 43.4 Å². The minimum atomic E-state index is -0.114. The Balaban J connectivity index is 1.27. The predicted molar refractivity (Wildman–Crippen MR) is 121 cm³/mol. The van der Waals surface area contributed by atoms with E-state index >= 15 is 0 Å². The lowest BCUT2D eigenvalue weighted by atomic mass is 9.89. The molecule has 1 fully saturated rings. The van der Waals surface area contributed by atoms with Crippen LogP contribution in [-0.2, 0) is 17.6 Å². The van der Waals surface area contributed by atoms with Gasteiger partial charge in [0.25, 0.3) is 0 Å². The fourth-order valence-corrected chi connectivity index (χ4v) is 4.40. The topological polar surface area (TPSA) is 53.9 Å². The number of benzene rings is 2. The number of Topliss-reactive ketones (excluding diaryl/α,β-unsaturated/α-hetero) is 1. The zero-order valence-corrected chi connectivity index (χ0v) is 17.9. The quantitative estimate of drug-likeness (QED) is 0.725. The van der Waals surface area contributed by atoms with Crippen molar-refractivity contribution in [3.63, 3.8) is 0 Å². The van der Waals surface area contributed by atoms with E-state index in [1.165, 1.54) is 29.7 Å². The number of amides is 1. The second kappa shape index (κ2) is 9.43. The second-order valence-electron chi connectivity index (χ2n) is 8.65. The van der Waals surface area contributed by atoms with Crippen LogP contribution < -0.4 is 15.1 Å². The number of rotatable bonds is 6. The summed E-state index contributed by atoms with van der Waals surface area (Å²) in [6.07, 6.45) is 5.05. The van der Waals surface area contributed by atoms with Crippen LogP contribution in [0.3, 0.4) is 0 Å². The first-order valence-electron chi connectivity index (χ1n) is 11.2. The average molecular weight is 407 g/mol. The maximum absolute atomic E-state index is 12.5. The number of nitrogens with zero attached hydrogens (tertiary/aromatic N) is 1. The van der Waals surface area contributed by atoms with Gasteiger partial charge in [-0.05, 0) is 67.1 Å². The molecule has 5 heteroatoms. The summed E-state index contributed by atoms with van der Waals surface area (Å²) in [5.74, 6) is -0.0664. The highest BCUT2D eigenvalue weighted by atomic mass is 16.2. The molecule has 0 atom stereocenters. The highest BCUT2D eigenvalue weighted by molar-refractivity contribution is 6.00. The zero-order chi connectivity index (χ0) is 20.9. The molecular weight excluding hydrogens is 374 g/mol. The Morgan fingerprint density at radius 3 is 2.37 bits per heavy atom. The van der Waals surface area contributed by atoms with Crippen LogP contribution in [-0.4, -0.2) is 44.9 Å². The third kappa shape index (κ3) is 5.08. The highest BCUT2D eigenvalue weighted by Gasteiger charge is 2.17. The number of likely N-dealkylation sites (N-methyl/N-ethyl adjacent to an activating group) is 1. The summed E-state index contributed by atoms with van der Waals surface area (Å²) in [6.45, 7) is 4.41. The Bertz CT molecular complexity index is 899. The summed E-state index contributed by atoms with van der Waals surface area (Å²) in [5.41, 5.74) is 5.39. The van der Waals surface area contributed by atoms with Gasteiger partial charge >= 0.3 is 0 Å². The van der Waals surface area contributed by atoms with Gasteiger partial charge < -0.3 is 15.1 Å². The van der Waals surface area contributed by atoms with E-state index in [0.29, 0.717) is 0 Å². The van der Waals surface area contributed by atoms with Gasteiger partial charge in [0.15, 0.2) is 5.78 Å². The number of hydrogen-bond donors (Lipinski definition) is 2. The minimum Gasteiger partial charge on any atom is -0.360 e. The first kappa shape index (κ1) is 20.6. The molecule has 0 bridgehead atoms. The summed E-state index contributed by atoms with van der Waals surface area (Å²) in [5, 5.41) is 2.92. The molecule has 0 saturated carbocycles. The summed E-state index contributed by atoms with van der Waals surface area (Å²) < 4.78 is 0. The van der Waals surface area contributed by atoms with Crippen molar-refractivity contribution in [1.29, 1.82) is 0 Å². The molecule has 2 aliphatic rings. The molecule has 1 amide bonds. The van der Waals surface area contributed by atoms with Crippen LogP contribution in [0.25, 0.3) is 0 Å². The van der Waals surface area contributed by atoms with Gasteiger partial charge in [-0.3, -0.25) is 9.59 Å². The third-order valence-electron chi connectivity index (χ3n) is 6.38. The van der Waals surface area contributed by atoms with Crippen molar-refractivity contribution in [2.24, 2.45) is 0 Å². The smallest absolute Gasteiger partial charge is 0.224 e. The standard InChI is InChI=1S/C25H31N3O2/c1-27-14-16-28(17-15-27)23-10-8-22(9-11-23)26-25(30)13-12-24(29)21-7-6-19-4-2-3-5-20(19)18-21/h6-11,18H,2-5,12-17H2,1H3,(H,26,30)/p+1. The summed E-state index contributed by atoms with van der Waals surface area (Å²) in [7, 11) is 2.23. The molecule has 0 radical (unpaired) electrons. The third-order valence-corrected chi connectivity index (χ3v) is 6.38. The van der Waals surface area contributed by atoms with E-state index < -0.39 is 0 Å². The normalized spacial score (nSPS) is 16.8. The van der Waals surface area contributed by atoms with Crippen molar-refractivity contribution in [3.8, 4) is 0 Å². The van der Waals surface area contributed by atoms with E-state index in [0.717, 1.165) is 50.3 Å². The van der Waals surface area contributed by atoms with Crippen LogP contribution in [0.15, 0.2) is 42.5 Å². The van der Waals surface area contributed by atoms with Crippen molar-refractivity contribution < 1.29 is 14.5 Å². The molecule has 1 aliphatic heterocycles. The monoisotopic (exact) mass is 406 g/mol. The SMILES string of the molecule is C[NH+]1CCN(c2ccc(NC(=O)CCC(=O)c3ccc4c(c3)CCCC4)cc2)CC1. The first-order chi connectivity index (χ1) is 14.6. The second-order valence-corrected chi connectivity index (χ2v) is 8.65. The minimum absolute atomic E-state index is 0.0473. The summed E-state index contributed by atoms with van der Waals surface area (Å²) in [6, 6.07) is 14.1. The van der Waals surface area contributed by atoms with Gasteiger partial charge in [-0.1, -0.05) is 12.1 Å². The molecule has 0 aromatic heterocycles. The van der Waals surface area contributed by atoms with Crippen LogP contribution in [0.2, 0.25) is 0 Å². The van der Waals surface area contributed by atoms with Crippen molar-refractivity contribution in [1.82, 2.24) is 0 Å². The van der Waals surface area contributed by atoms with Crippen LogP contribution in [0.5, 0.6) is 0 Å². The zero-order valence-electron chi connectivity index (χ0n) is 17.9. The largest absolute Gasteiger partial charge is 0.360 e. The van der Waals surface area contributed by atoms with Crippen molar-refractivity contribution in [2.45, 2.75) is 38.5 Å². The Kier molecular flexibility index (Phi) is 6.48. The Morgan fingerprint density at radius 1 is 0.933 bits per heavy atom. The molecular formula is C25H32N3O2+. The number of ketones is 1. The van der Waals surface area contributed by atoms with Gasteiger partial charge in [0.1, 0.15) is 0 Å². The van der Waals surface area contributed by atoms with Crippen LogP contribution in [0.1, 0.15) is 47.2 Å². The lowest BCUT2D eigenvalue weighted by Gasteiger charge is -2.31. The molecule has 4 rings (SSSR count). The molecule has 2 aromatic carbocycles. The maximum atomic E-state index is 12.5. The maximum Gasteiger partial charge on any atom is 0.224 e. The summed E-state index contributed by atoms with van der Waals surface area (Å²) in [4.78, 5) is 28.8. The van der Waals surface area contributed by atoms with Gasteiger partial charge in [-0.25, -0.2) is 0 Å². The number of fused-ring (bicyclic) bond motifs is 1. The van der Waals surface area contributed by atoms with Crippen molar-refractivity contribution in [3.05, 3.63) is 59.2 Å². The van der Waals surface area contributed by atoms with Crippen LogP contribution >= 0.6 is 0 Å². The van der Waals surface area contributed by atoms with Gasteiger partial charge in [-0.15, -0.1) is 0 Å². The van der Waals surface area contributed by atoms with Crippen LogP contribution in [0, 0.1) is 0 Å². The van der Waals surface area contributed by atoms with E-state index in [2.05, 4.69) is 35.5 Å². The van der Waals surface area contributed by atoms with Gasteiger partial charge in [0, 0.05) is 29.8 Å². The number of quaternary nitrogens is 1. The van der Waals surface area contributed by atoms with E-state index in [-0.39, 0.29) is 24.5 Å². The Hall–Kier alpha value is -2.66. The molecule has 30 heavy (non-hydrogen) atoms. The molecule has 1 heterocycles. The fourth-order valence-electron chi connectivity index (χ4n) is 4.40. The Labute approximate surface area is 179 Å². The number of anilines is 2. The molecule has 158 valence electrons. The van der Waals surface area contributed by atoms with E-state index in [1.807, 2.05) is 24.3 Å². The van der Waals surface area contributed by atoms with E-state index in [1.54, 1.807) is 4.90 Å². The number of nitrogens with one attached hydrogen (secondary N) is 2. The van der Waals surface area contributed by atoms with E-state index in [4.69, 9.17) is 0 Å². The Morgan fingerprint density at radius 2 is 1.63 bits per heavy atom. The van der Waals surface area contributed by atoms with E-state index in [9.17, 15) is 9.59 Å². The van der Waals surface area contributed by atoms with Gasteiger partial charge in [-0.2, -0.15) is 0 Å². The van der Waals surface area contributed by atoms with Gasteiger partial charge in [0.2, 0.25) is 5.91 Å².